The van der Waals surface area contributed by atoms with Crippen LogP contribution in [0.2, 0.25) is 0 Å². The third kappa shape index (κ3) is 3.72. The van der Waals surface area contributed by atoms with Crippen molar-refractivity contribution in [1.82, 2.24) is 0 Å². The Hall–Kier alpha value is -2.08. The van der Waals surface area contributed by atoms with E-state index in [1.807, 2.05) is 6.08 Å². The highest BCUT2D eigenvalue weighted by atomic mass is 14.4. The predicted octanol–water partition coefficient (Wildman–Crippen LogP) is 4.29. The third-order valence-electron chi connectivity index (χ3n) is 4.16. The molecule has 1 fully saturated rings. The molecule has 0 aliphatic heterocycles. The first-order chi connectivity index (χ1) is 10.1. The van der Waals surface area contributed by atoms with E-state index in [-0.39, 0.29) is 5.41 Å². The highest BCUT2D eigenvalue weighted by molar-refractivity contribution is 5.54. The third-order valence-corrected chi connectivity index (χ3v) is 4.16. The SMILES string of the molecule is C=C/C(C)=C/C=C\C1(C(=C)/C=c2/cccc/c2=C/C)CC1. The number of hydrogen-bond donors (Lipinski definition) is 0. The number of allylic oxidation sites excluding steroid dienone is 6. The minimum atomic E-state index is 0.165. The Labute approximate surface area is 128 Å². The molecule has 1 aromatic rings. The molecule has 2 rings (SSSR count). The first-order valence-electron chi connectivity index (χ1n) is 7.52. The van der Waals surface area contributed by atoms with Crippen LogP contribution in [0.4, 0.5) is 0 Å². The molecule has 108 valence electrons. The minimum Gasteiger partial charge on any atom is -0.0988 e. The summed E-state index contributed by atoms with van der Waals surface area (Å²) < 4.78 is 0. The van der Waals surface area contributed by atoms with Crippen molar-refractivity contribution in [2.24, 2.45) is 5.41 Å². The first kappa shape index (κ1) is 15.3. The largest absolute Gasteiger partial charge is 0.0988 e. The van der Waals surface area contributed by atoms with Gasteiger partial charge in [-0.25, -0.2) is 0 Å². The van der Waals surface area contributed by atoms with Gasteiger partial charge in [0.15, 0.2) is 0 Å². The quantitative estimate of drug-likeness (QED) is 0.704. The molecule has 0 N–H and O–H groups in total. The van der Waals surface area contributed by atoms with Crippen molar-refractivity contribution in [3.8, 4) is 0 Å². The first-order valence-corrected chi connectivity index (χ1v) is 7.52. The zero-order valence-electron chi connectivity index (χ0n) is 13.1. The molecule has 0 spiro atoms. The molecule has 0 heterocycles. The van der Waals surface area contributed by atoms with Crippen molar-refractivity contribution in [3.05, 3.63) is 83.3 Å². The van der Waals surface area contributed by atoms with E-state index in [0.717, 1.165) is 0 Å². The summed E-state index contributed by atoms with van der Waals surface area (Å²) in [6, 6.07) is 8.45. The molecule has 0 radical (unpaired) electrons. The molecule has 0 saturated heterocycles. The summed E-state index contributed by atoms with van der Waals surface area (Å²) in [6.07, 6.45) is 15.2. The average molecular weight is 276 g/mol. The maximum absolute atomic E-state index is 4.32. The van der Waals surface area contributed by atoms with Crippen molar-refractivity contribution in [3.63, 3.8) is 0 Å². The van der Waals surface area contributed by atoms with Gasteiger partial charge >= 0.3 is 0 Å². The summed E-state index contributed by atoms with van der Waals surface area (Å²) >= 11 is 0. The van der Waals surface area contributed by atoms with Gasteiger partial charge in [0.2, 0.25) is 0 Å². The molecular weight excluding hydrogens is 252 g/mol. The van der Waals surface area contributed by atoms with Crippen LogP contribution < -0.4 is 10.4 Å². The van der Waals surface area contributed by atoms with E-state index in [9.17, 15) is 0 Å². The van der Waals surface area contributed by atoms with Crippen molar-refractivity contribution in [1.29, 1.82) is 0 Å². The van der Waals surface area contributed by atoms with E-state index in [4.69, 9.17) is 0 Å². The minimum absolute atomic E-state index is 0.165. The fraction of sp³-hybridized carbons (Fsp3) is 0.238. The molecule has 0 heteroatoms. The summed E-state index contributed by atoms with van der Waals surface area (Å²) in [5.41, 5.74) is 2.55. The number of rotatable bonds is 5. The Kier molecular flexibility index (Phi) is 4.80. The zero-order chi connectivity index (χ0) is 15.3. The van der Waals surface area contributed by atoms with Gasteiger partial charge in [0.1, 0.15) is 0 Å². The summed E-state index contributed by atoms with van der Waals surface area (Å²) in [6.45, 7) is 12.2. The van der Waals surface area contributed by atoms with Crippen molar-refractivity contribution in [2.75, 3.05) is 0 Å². The van der Waals surface area contributed by atoms with E-state index < -0.39 is 0 Å². The van der Waals surface area contributed by atoms with Crippen LogP contribution in [0, 0.1) is 5.41 Å². The van der Waals surface area contributed by atoms with Crippen LogP contribution >= 0.6 is 0 Å². The van der Waals surface area contributed by atoms with Gasteiger partial charge in [0.05, 0.1) is 0 Å². The van der Waals surface area contributed by atoms with Crippen LogP contribution in [0.25, 0.3) is 12.2 Å². The van der Waals surface area contributed by atoms with Crippen LogP contribution in [0.15, 0.2) is 72.9 Å². The molecule has 1 saturated carbocycles. The number of hydrogen-bond acceptors (Lipinski definition) is 0. The lowest BCUT2D eigenvalue weighted by molar-refractivity contribution is 0.825. The highest BCUT2D eigenvalue weighted by Gasteiger charge is 2.41. The van der Waals surface area contributed by atoms with E-state index in [2.05, 4.69) is 81.7 Å². The zero-order valence-corrected chi connectivity index (χ0v) is 13.1. The van der Waals surface area contributed by atoms with Crippen LogP contribution in [0.3, 0.4) is 0 Å². The van der Waals surface area contributed by atoms with Gasteiger partial charge in [-0.15, -0.1) is 0 Å². The highest BCUT2D eigenvalue weighted by Crippen LogP contribution is 2.53. The molecule has 1 aliphatic rings. The van der Waals surface area contributed by atoms with Crippen molar-refractivity contribution < 1.29 is 0 Å². The molecule has 0 aromatic heterocycles. The van der Waals surface area contributed by atoms with Crippen LogP contribution in [-0.2, 0) is 0 Å². The number of benzene rings is 1. The Morgan fingerprint density at radius 3 is 2.43 bits per heavy atom. The van der Waals surface area contributed by atoms with Gasteiger partial charge in [-0.2, -0.15) is 0 Å². The molecule has 0 bridgehead atoms. The second kappa shape index (κ2) is 6.58. The monoisotopic (exact) mass is 276 g/mol. The van der Waals surface area contributed by atoms with E-state index in [1.165, 1.54) is 34.4 Å². The Bertz CT molecular complexity index is 707. The maximum atomic E-state index is 4.32. The summed E-state index contributed by atoms with van der Waals surface area (Å²) in [7, 11) is 0. The molecule has 1 aromatic carbocycles. The second-order valence-corrected chi connectivity index (χ2v) is 5.72. The molecule has 1 aliphatic carbocycles. The van der Waals surface area contributed by atoms with Gasteiger partial charge in [-0.1, -0.05) is 79.5 Å². The van der Waals surface area contributed by atoms with Gasteiger partial charge in [-0.3, -0.25) is 0 Å². The summed E-state index contributed by atoms with van der Waals surface area (Å²) in [5, 5.41) is 2.52. The van der Waals surface area contributed by atoms with E-state index in [0.29, 0.717) is 0 Å². The van der Waals surface area contributed by atoms with Gasteiger partial charge in [0, 0.05) is 5.41 Å². The second-order valence-electron chi connectivity index (χ2n) is 5.72. The maximum Gasteiger partial charge on any atom is 0.0130 e. The standard InChI is InChI=1S/C21H24/c1-5-17(3)10-9-13-21(14-15-21)18(4)16-20-12-8-7-11-19(20)6-2/h5-13,16H,1,4,14-15H2,2-3H3/b13-9-,17-10+,19-6-,20-16-. The van der Waals surface area contributed by atoms with Gasteiger partial charge in [0.25, 0.3) is 0 Å². The van der Waals surface area contributed by atoms with Crippen molar-refractivity contribution >= 4 is 12.2 Å². The molecular formula is C21H24. The lowest BCUT2D eigenvalue weighted by Gasteiger charge is -2.09. The lowest BCUT2D eigenvalue weighted by atomic mass is 9.95. The normalized spacial score (nSPS) is 19.0. The molecule has 21 heavy (non-hydrogen) atoms. The fourth-order valence-corrected chi connectivity index (χ4v) is 2.42. The smallest absolute Gasteiger partial charge is 0.0130 e. The summed E-state index contributed by atoms with van der Waals surface area (Å²) in [4.78, 5) is 0. The van der Waals surface area contributed by atoms with Gasteiger partial charge in [-0.05, 0) is 42.7 Å². The van der Waals surface area contributed by atoms with Gasteiger partial charge < -0.3 is 0 Å². The molecule has 0 unspecified atom stereocenters. The molecule has 0 atom stereocenters. The van der Waals surface area contributed by atoms with Crippen molar-refractivity contribution in [2.45, 2.75) is 26.7 Å². The van der Waals surface area contributed by atoms with Crippen LogP contribution in [0.1, 0.15) is 26.7 Å². The lowest BCUT2D eigenvalue weighted by Crippen LogP contribution is -2.24. The molecule has 0 amide bonds. The topological polar surface area (TPSA) is 0 Å². The average Bonchev–Trinajstić information content (AvgIpc) is 3.28. The summed E-state index contributed by atoms with van der Waals surface area (Å²) in [5.74, 6) is 0. The Morgan fingerprint density at radius 2 is 1.86 bits per heavy atom. The predicted molar refractivity (Wildman–Crippen MR) is 94.2 cm³/mol. The van der Waals surface area contributed by atoms with E-state index >= 15 is 0 Å². The van der Waals surface area contributed by atoms with Crippen LogP contribution in [0.5, 0.6) is 0 Å². The van der Waals surface area contributed by atoms with E-state index in [1.54, 1.807) is 0 Å². The Balaban J connectivity index is 2.27. The fourth-order valence-electron chi connectivity index (χ4n) is 2.42. The van der Waals surface area contributed by atoms with Crippen LogP contribution in [-0.4, -0.2) is 0 Å². The Morgan fingerprint density at radius 1 is 1.19 bits per heavy atom. The molecule has 0 nitrogen and oxygen atoms in total.